The second-order valence-corrected chi connectivity index (χ2v) is 10.9. The molecule has 3 heterocycles. The summed E-state index contributed by atoms with van der Waals surface area (Å²) in [5.74, 6) is -1.46. The van der Waals surface area contributed by atoms with Crippen LogP contribution in [-0.2, 0) is 23.7 Å². The van der Waals surface area contributed by atoms with E-state index >= 15 is 0 Å². The molecule has 9 heteroatoms. The molecule has 3 aromatic carbocycles. The number of hydrogen-bond acceptors (Lipinski definition) is 8. The van der Waals surface area contributed by atoms with Crippen molar-refractivity contribution in [2.24, 2.45) is 0 Å². The van der Waals surface area contributed by atoms with Crippen LogP contribution in [0.5, 0.6) is 0 Å². The van der Waals surface area contributed by atoms with Gasteiger partial charge in [0.25, 0.3) is 11.8 Å². The number of aryl methyl sites for hydroxylation is 1. The van der Waals surface area contributed by atoms with Gasteiger partial charge >= 0.3 is 5.97 Å². The third kappa shape index (κ3) is 4.87. The van der Waals surface area contributed by atoms with E-state index in [1.165, 1.54) is 23.6 Å². The summed E-state index contributed by atoms with van der Waals surface area (Å²) >= 11 is 1.36. The molecule has 2 amide bonds. The van der Waals surface area contributed by atoms with E-state index in [0.29, 0.717) is 11.1 Å². The molecule has 0 radical (unpaired) electrons. The largest absolute Gasteiger partial charge is 0.457 e. The summed E-state index contributed by atoms with van der Waals surface area (Å²) in [6, 6.07) is 23.0. The van der Waals surface area contributed by atoms with Crippen LogP contribution in [0.25, 0.3) is 0 Å². The smallest absolute Gasteiger partial charge is 0.303 e. The first kappa shape index (κ1) is 25.8. The van der Waals surface area contributed by atoms with E-state index in [2.05, 4.69) is 0 Å². The van der Waals surface area contributed by atoms with Gasteiger partial charge in [-0.3, -0.25) is 19.3 Å². The van der Waals surface area contributed by atoms with Gasteiger partial charge in [0.05, 0.1) is 17.7 Å². The molecule has 8 nitrogen and oxygen atoms in total. The van der Waals surface area contributed by atoms with Crippen molar-refractivity contribution in [2.75, 3.05) is 6.61 Å². The zero-order valence-corrected chi connectivity index (χ0v) is 22.2. The van der Waals surface area contributed by atoms with Crippen molar-refractivity contribution in [1.82, 2.24) is 4.90 Å². The Labute approximate surface area is 230 Å². The number of ether oxygens (including phenoxy) is 4. The van der Waals surface area contributed by atoms with E-state index < -0.39 is 53.9 Å². The Hall–Kier alpha value is -3.50. The molecule has 6 atom stereocenters. The monoisotopic (exact) mass is 545 g/mol. The van der Waals surface area contributed by atoms with E-state index in [4.69, 9.17) is 18.9 Å². The molecule has 3 aliphatic heterocycles. The van der Waals surface area contributed by atoms with Gasteiger partial charge in [0.2, 0.25) is 0 Å². The van der Waals surface area contributed by atoms with Gasteiger partial charge in [-0.15, -0.1) is 0 Å². The fourth-order valence-electron chi connectivity index (χ4n) is 5.26. The Morgan fingerprint density at radius 3 is 2.18 bits per heavy atom. The second-order valence-electron chi connectivity index (χ2n) is 9.74. The molecule has 6 rings (SSSR count). The van der Waals surface area contributed by atoms with Crippen molar-refractivity contribution < 1.29 is 33.3 Å². The first-order valence-electron chi connectivity index (χ1n) is 12.8. The summed E-state index contributed by atoms with van der Waals surface area (Å²) in [4.78, 5) is 41.8. The van der Waals surface area contributed by atoms with Gasteiger partial charge in [-0.05, 0) is 31.2 Å². The fourth-order valence-corrected chi connectivity index (χ4v) is 6.44. The number of carbonyl (C=O) groups excluding carboxylic acids is 3. The summed E-state index contributed by atoms with van der Waals surface area (Å²) in [6.07, 6.45) is -3.08. The highest BCUT2D eigenvalue weighted by molar-refractivity contribution is 7.99. The summed E-state index contributed by atoms with van der Waals surface area (Å²) < 4.78 is 24.8. The summed E-state index contributed by atoms with van der Waals surface area (Å²) in [5, 5.41) is 0. The van der Waals surface area contributed by atoms with Crippen LogP contribution in [0, 0.1) is 6.92 Å². The van der Waals surface area contributed by atoms with E-state index in [0.717, 1.165) is 16.0 Å². The Balaban J connectivity index is 1.40. The molecule has 2 fully saturated rings. The third-order valence-electron chi connectivity index (χ3n) is 7.08. The highest BCUT2D eigenvalue weighted by atomic mass is 32.2. The molecule has 0 bridgehead atoms. The summed E-state index contributed by atoms with van der Waals surface area (Å²) in [6.45, 7) is 3.48. The molecule has 0 aromatic heterocycles. The van der Waals surface area contributed by atoms with E-state index in [1.807, 2.05) is 61.5 Å². The molecule has 0 saturated carbocycles. The average Bonchev–Trinajstić information content (AvgIpc) is 3.19. The van der Waals surface area contributed by atoms with Crippen LogP contribution in [0.2, 0.25) is 0 Å². The SMILES string of the molecule is CC(=O)O[C@H]1[C@@H]2OC(c3ccccc3)OC[C@H]2O[C@@H](Sc2ccc(C)cc2)[C@@H]1N1C(=O)c2ccccc2C1=O. The molecule has 200 valence electrons. The Kier molecular flexibility index (Phi) is 6.99. The van der Waals surface area contributed by atoms with Crippen molar-refractivity contribution in [3.8, 4) is 0 Å². The molecular weight excluding hydrogens is 518 g/mol. The van der Waals surface area contributed by atoms with Crippen LogP contribution < -0.4 is 0 Å². The van der Waals surface area contributed by atoms with Gasteiger partial charge in [0.15, 0.2) is 12.4 Å². The summed E-state index contributed by atoms with van der Waals surface area (Å²) in [7, 11) is 0. The molecule has 1 unspecified atom stereocenters. The summed E-state index contributed by atoms with van der Waals surface area (Å²) in [5.41, 5.74) is 1.76. The molecule has 2 saturated heterocycles. The standard InChI is InChI=1S/C30H27NO7S/c1-17-12-14-20(15-13-17)39-30-24(31-27(33)21-10-6-7-11-22(21)28(31)34)26(36-18(2)32)25-23(37-30)16-35-29(38-25)19-8-4-3-5-9-19/h3-15,23-26,29-30H,16H2,1-2H3/t23-,24-,25-,26-,29?,30+/m1/s1. The average molecular weight is 546 g/mol. The van der Waals surface area contributed by atoms with Crippen molar-refractivity contribution in [3.63, 3.8) is 0 Å². The van der Waals surface area contributed by atoms with Crippen LogP contribution in [0.1, 0.15) is 45.1 Å². The number of nitrogens with zero attached hydrogens (tertiary/aromatic N) is 1. The maximum atomic E-state index is 13.7. The van der Waals surface area contributed by atoms with Crippen LogP contribution in [0.4, 0.5) is 0 Å². The van der Waals surface area contributed by atoms with Crippen molar-refractivity contribution in [2.45, 2.75) is 54.8 Å². The van der Waals surface area contributed by atoms with Gasteiger partial charge in [-0.1, -0.05) is 71.9 Å². The first-order chi connectivity index (χ1) is 18.9. The zero-order chi connectivity index (χ0) is 27.1. The lowest BCUT2D eigenvalue weighted by Gasteiger charge is -2.50. The van der Waals surface area contributed by atoms with Gasteiger partial charge in [0.1, 0.15) is 23.7 Å². The predicted octanol–water partition coefficient (Wildman–Crippen LogP) is 4.52. The molecule has 39 heavy (non-hydrogen) atoms. The molecule has 3 aromatic rings. The highest BCUT2D eigenvalue weighted by Crippen LogP contribution is 2.43. The van der Waals surface area contributed by atoms with Crippen LogP contribution in [0.15, 0.2) is 83.8 Å². The zero-order valence-electron chi connectivity index (χ0n) is 21.4. The normalized spacial score (nSPS) is 28.1. The van der Waals surface area contributed by atoms with Crippen LogP contribution in [0.3, 0.4) is 0 Å². The van der Waals surface area contributed by atoms with Crippen LogP contribution in [-0.4, -0.2) is 59.1 Å². The number of hydrogen-bond donors (Lipinski definition) is 0. The lowest BCUT2D eigenvalue weighted by atomic mass is 9.95. The maximum Gasteiger partial charge on any atom is 0.303 e. The molecule has 0 N–H and O–H groups in total. The Bertz CT molecular complexity index is 1360. The minimum absolute atomic E-state index is 0.182. The molecular formula is C30H27NO7S. The number of thioether (sulfide) groups is 1. The Morgan fingerprint density at radius 1 is 0.897 bits per heavy atom. The number of esters is 1. The Morgan fingerprint density at radius 2 is 1.54 bits per heavy atom. The van der Waals surface area contributed by atoms with Gasteiger partial charge in [-0.2, -0.15) is 0 Å². The lowest BCUT2D eigenvalue weighted by Crippen LogP contribution is -2.67. The minimum Gasteiger partial charge on any atom is -0.457 e. The molecule has 3 aliphatic rings. The first-order valence-corrected chi connectivity index (χ1v) is 13.6. The van der Waals surface area contributed by atoms with Crippen molar-refractivity contribution in [3.05, 3.63) is 101 Å². The van der Waals surface area contributed by atoms with Crippen LogP contribution >= 0.6 is 11.8 Å². The van der Waals surface area contributed by atoms with Crippen molar-refractivity contribution >= 4 is 29.5 Å². The maximum absolute atomic E-state index is 13.7. The highest BCUT2D eigenvalue weighted by Gasteiger charge is 2.57. The van der Waals surface area contributed by atoms with E-state index in [1.54, 1.807) is 24.3 Å². The van der Waals surface area contributed by atoms with E-state index in [9.17, 15) is 14.4 Å². The third-order valence-corrected chi connectivity index (χ3v) is 8.24. The number of fused-ring (bicyclic) bond motifs is 2. The van der Waals surface area contributed by atoms with Gasteiger partial charge in [-0.25, -0.2) is 0 Å². The quantitative estimate of drug-likeness (QED) is 0.341. The van der Waals surface area contributed by atoms with Gasteiger partial charge < -0.3 is 18.9 Å². The lowest BCUT2D eigenvalue weighted by molar-refractivity contribution is -0.311. The minimum atomic E-state index is -0.985. The number of imide groups is 1. The number of rotatable bonds is 5. The topological polar surface area (TPSA) is 91.4 Å². The predicted molar refractivity (Wildman–Crippen MR) is 142 cm³/mol. The van der Waals surface area contributed by atoms with Gasteiger partial charge in [0, 0.05) is 17.4 Å². The second kappa shape index (κ2) is 10.6. The molecule has 0 aliphatic carbocycles. The molecule has 0 spiro atoms. The number of carbonyl (C=O) groups is 3. The number of benzene rings is 3. The van der Waals surface area contributed by atoms with Crippen molar-refractivity contribution in [1.29, 1.82) is 0 Å². The fraction of sp³-hybridized carbons (Fsp3) is 0.300. The van der Waals surface area contributed by atoms with E-state index in [-0.39, 0.29) is 6.61 Å². The number of amides is 2.